The van der Waals surface area contributed by atoms with Crippen molar-refractivity contribution in [3.63, 3.8) is 0 Å². The molecule has 1 nitrogen and oxygen atoms in total. The molecule has 3 aromatic rings. The van der Waals surface area contributed by atoms with Crippen molar-refractivity contribution in [1.82, 2.24) is 0 Å². The molecule has 0 unspecified atom stereocenters. The van der Waals surface area contributed by atoms with Crippen LogP contribution in [-0.2, 0) is 5.41 Å². The molecule has 0 aromatic heterocycles. The fourth-order valence-electron chi connectivity index (χ4n) is 4.75. The molecular weight excluding hydrogens is 338 g/mol. The molecule has 0 N–H and O–H groups in total. The molecule has 0 bridgehead atoms. The summed E-state index contributed by atoms with van der Waals surface area (Å²) in [5.74, 6) is 0. The van der Waals surface area contributed by atoms with Crippen LogP contribution >= 0.6 is 0 Å². The highest BCUT2D eigenvalue weighted by atomic mass is 15.1. The minimum atomic E-state index is 0.0878. The number of para-hydroxylation sites is 2. The number of nitrogens with zero attached hydrogens (tertiary/aromatic N) is 1. The topological polar surface area (TPSA) is 3.24 Å². The average molecular weight is 364 g/mol. The largest absolute Gasteiger partial charge is 0.310 e. The Morgan fingerprint density at radius 3 is 2.04 bits per heavy atom. The third kappa shape index (κ3) is 2.62. The van der Waals surface area contributed by atoms with Gasteiger partial charge in [-0.3, -0.25) is 0 Å². The average Bonchev–Trinajstić information content (AvgIpc) is 2.97. The molecule has 0 spiro atoms. The zero-order valence-corrected chi connectivity index (χ0v) is 16.5. The van der Waals surface area contributed by atoms with E-state index in [-0.39, 0.29) is 5.41 Å². The van der Waals surface area contributed by atoms with Gasteiger partial charge in [0.15, 0.2) is 0 Å². The van der Waals surface area contributed by atoms with E-state index < -0.39 is 0 Å². The van der Waals surface area contributed by atoms with Crippen molar-refractivity contribution >= 4 is 22.6 Å². The first-order valence-electron chi connectivity index (χ1n) is 10.1. The Labute approximate surface area is 167 Å². The molecule has 2 aliphatic carbocycles. The molecule has 5 rings (SSSR count). The van der Waals surface area contributed by atoms with E-state index in [1.54, 1.807) is 5.57 Å². The third-order valence-corrected chi connectivity index (χ3v) is 6.18. The number of hydrogen-bond acceptors (Lipinski definition) is 1. The monoisotopic (exact) mass is 363 g/mol. The standard InChI is InChI=1S/C27H25N/c1-27(2)25-16-10-9-15-23(25)24-18-17-22(19-26(24)27)28(20-11-5-3-6-12-20)21-13-7-4-8-14-21/h3-9,11-15,17-19H,10,16H2,1-2H3. The highest BCUT2D eigenvalue weighted by molar-refractivity contribution is 5.89. The molecule has 0 aliphatic heterocycles. The molecule has 138 valence electrons. The maximum absolute atomic E-state index is 2.40. The first-order valence-corrected chi connectivity index (χ1v) is 10.1. The second-order valence-electron chi connectivity index (χ2n) is 8.19. The van der Waals surface area contributed by atoms with Crippen molar-refractivity contribution in [2.24, 2.45) is 0 Å². The van der Waals surface area contributed by atoms with Gasteiger partial charge in [-0.25, -0.2) is 0 Å². The fourth-order valence-corrected chi connectivity index (χ4v) is 4.75. The van der Waals surface area contributed by atoms with Gasteiger partial charge in [0.25, 0.3) is 0 Å². The summed E-state index contributed by atoms with van der Waals surface area (Å²) in [6.07, 6.45) is 6.98. The van der Waals surface area contributed by atoms with Crippen molar-refractivity contribution < 1.29 is 0 Å². The maximum atomic E-state index is 2.40. The first-order chi connectivity index (χ1) is 13.7. The summed E-state index contributed by atoms with van der Waals surface area (Å²) in [5, 5.41) is 0. The summed E-state index contributed by atoms with van der Waals surface area (Å²) < 4.78 is 0. The van der Waals surface area contributed by atoms with Crippen LogP contribution in [0.3, 0.4) is 0 Å². The van der Waals surface area contributed by atoms with Crippen molar-refractivity contribution in [1.29, 1.82) is 0 Å². The Hall–Kier alpha value is -3.06. The van der Waals surface area contributed by atoms with Gasteiger partial charge < -0.3 is 4.90 Å². The molecule has 0 saturated heterocycles. The van der Waals surface area contributed by atoms with Crippen LogP contribution in [0.4, 0.5) is 17.1 Å². The molecule has 0 atom stereocenters. The molecule has 0 heterocycles. The van der Waals surface area contributed by atoms with E-state index in [4.69, 9.17) is 0 Å². The summed E-state index contributed by atoms with van der Waals surface area (Å²) in [6, 6.07) is 28.3. The lowest BCUT2D eigenvalue weighted by Gasteiger charge is -2.29. The van der Waals surface area contributed by atoms with Crippen LogP contribution < -0.4 is 4.90 Å². The molecular formula is C27H25N. The van der Waals surface area contributed by atoms with Crippen LogP contribution in [-0.4, -0.2) is 0 Å². The van der Waals surface area contributed by atoms with E-state index in [1.807, 2.05) is 0 Å². The van der Waals surface area contributed by atoms with Gasteiger partial charge in [0.1, 0.15) is 0 Å². The lowest BCUT2D eigenvalue weighted by molar-refractivity contribution is 0.607. The third-order valence-electron chi connectivity index (χ3n) is 6.18. The summed E-state index contributed by atoms with van der Waals surface area (Å²) in [7, 11) is 0. The van der Waals surface area contributed by atoms with Gasteiger partial charge in [0.05, 0.1) is 0 Å². The zero-order chi connectivity index (χ0) is 19.1. The number of rotatable bonds is 3. The van der Waals surface area contributed by atoms with E-state index in [0.29, 0.717) is 0 Å². The van der Waals surface area contributed by atoms with Crippen LogP contribution in [0.2, 0.25) is 0 Å². The van der Waals surface area contributed by atoms with Crippen LogP contribution in [0.25, 0.3) is 5.57 Å². The van der Waals surface area contributed by atoms with E-state index in [0.717, 1.165) is 6.42 Å². The van der Waals surface area contributed by atoms with Gasteiger partial charge >= 0.3 is 0 Å². The minimum absolute atomic E-state index is 0.0878. The predicted octanol–water partition coefficient (Wildman–Crippen LogP) is 7.55. The quantitative estimate of drug-likeness (QED) is 0.464. The van der Waals surface area contributed by atoms with Crippen molar-refractivity contribution in [2.75, 3.05) is 4.90 Å². The van der Waals surface area contributed by atoms with Crippen LogP contribution in [0.1, 0.15) is 37.8 Å². The van der Waals surface area contributed by atoms with Gasteiger partial charge in [0.2, 0.25) is 0 Å². The van der Waals surface area contributed by atoms with Crippen molar-refractivity contribution in [3.8, 4) is 0 Å². The molecule has 0 fully saturated rings. The molecule has 3 aromatic carbocycles. The number of fused-ring (bicyclic) bond motifs is 2. The number of anilines is 3. The van der Waals surface area contributed by atoms with Gasteiger partial charge in [-0.1, -0.05) is 74.0 Å². The fraction of sp³-hybridized carbons (Fsp3) is 0.185. The van der Waals surface area contributed by atoms with Gasteiger partial charge in [-0.2, -0.15) is 0 Å². The predicted molar refractivity (Wildman–Crippen MR) is 119 cm³/mol. The first kappa shape index (κ1) is 17.1. The molecule has 0 radical (unpaired) electrons. The highest BCUT2D eigenvalue weighted by Crippen LogP contribution is 2.51. The molecule has 2 aliphatic rings. The zero-order valence-electron chi connectivity index (χ0n) is 16.5. The number of allylic oxidation sites excluding steroid dienone is 4. The number of hydrogen-bond donors (Lipinski definition) is 0. The smallest absolute Gasteiger partial charge is 0.0465 e. The van der Waals surface area contributed by atoms with Crippen LogP contribution in [0.15, 0.2) is 96.6 Å². The van der Waals surface area contributed by atoms with Crippen LogP contribution in [0, 0.1) is 0 Å². The number of benzene rings is 3. The van der Waals surface area contributed by atoms with E-state index in [9.17, 15) is 0 Å². The SMILES string of the molecule is CC1(C)C2=C(C=CCC2)c2ccc(N(c3ccccc3)c3ccccc3)cc21. The normalized spacial score (nSPS) is 16.6. The maximum Gasteiger partial charge on any atom is 0.0465 e. The van der Waals surface area contributed by atoms with Crippen LogP contribution in [0.5, 0.6) is 0 Å². The van der Waals surface area contributed by atoms with E-state index >= 15 is 0 Å². The summed E-state index contributed by atoms with van der Waals surface area (Å²) in [6.45, 7) is 4.76. The van der Waals surface area contributed by atoms with Gasteiger partial charge in [0, 0.05) is 22.5 Å². The summed E-state index contributed by atoms with van der Waals surface area (Å²) in [4.78, 5) is 2.35. The molecule has 28 heavy (non-hydrogen) atoms. The lowest BCUT2D eigenvalue weighted by Crippen LogP contribution is -2.18. The second kappa shape index (κ2) is 6.53. The Kier molecular flexibility index (Phi) is 3.98. The summed E-state index contributed by atoms with van der Waals surface area (Å²) in [5.41, 5.74) is 9.55. The molecule has 0 amide bonds. The Morgan fingerprint density at radius 2 is 1.39 bits per heavy atom. The Morgan fingerprint density at radius 1 is 0.750 bits per heavy atom. The van der Waals surface area contributed by atoms with Gasteiger partial charge in [-0.15, -0.1) is 0 Å². The van der Waals surface area contributed by atoms with Gasteiger partial charge in [-0.05, 0) is 65.9 Å². The Balaban J connectivity index is 1.67. The van der Waals surface area contributed by atoms with Crippen molar-refractivity contribution in [2.45, 2.75) is 32.1 Å². The highest BCUT2D eigenvalue weighted by Gasteiger charge is 2.37. The van der Waals surface area contributed by atoms with E-state index in [2.05, 4.69) is 110 Å². The minimum Gasteiger partial charge on any atom is -0.310 e. The summed E-state index contributed by atoms with van der Waals surface area (Å²) >= 11 is 0. The van der Waals surface area contributed by atoms with E-state index in [1.165, 1.54) is 40.2 Å². The molecule has 1 heteroatoms. The van der Waals surface area contributed by atoms with Crippen molar-refractivity contribution in [3.05, 3.63) is 108 Å². The Bertz CT molecular complexity index is 1030. The second-order valence-corrected chi connectivity index (χ2v) is 8.19. The molecule has 0 saturated carbocycles. The lowest BCUT2D eigenvalue weighted by atomic mass is 9.78.